The van der Waals surface area contributed by atoms with E-state index in [2.05, 4.69) is 68.2 Å². The fourth-order valence-corrected chi connectivity index (χ4v) is 3.65. The van der Waals surface area contributed by atoms with Crippen molar-refractivity contribution in [2.24, 2.45) is 5.92 Å². The Bertz CT molecular complexity index is 475. The first-order valence-corrected chi connectivity index (χ1v) is 8.26. The molecule has 1 fully saturated rings. The van der Waals surface area contributed by atoms with Gasteiger partial charge in [0.05, 0.1) is 0 Å². The Labute approximate surface area is 134 Å². The molecule has 1 aromatic carbocycles. The fraction of sp³-hybridized carbons (Fsp3) is 0.647. The van der Waals surface area contributed by atoms with Crippen LogP contribution in [0.5, 0.6) is 0 Å². The van der Waals surface area contributed by atoms with Crippen LogP contribution in [0.3, 0.4) is 0 Å². The van der Waals surface area contributed by atoms with Gasteiger partial charge >= 0.3 is 0 Å². The highest BCUT2D eigenvalue weighted by molar-refractivity contribution is 6.31. The van der Waals surface area contributed by atoms with E-state index in [-0.39, 0.29) is 0 Å². The summed E-state index contributed by atoms with van der Waals surface area (Å²) in [7, 11) is 4.33. The second-order valence-electron chi connectivity index (χ2n) is 6.40. The van der Waals surface area contributed by atoms with Gasteiger partial charge in [-0.15, -0.1) is 0 Å². The molecule has 1 aromatic rings. The summed E-state index contributed by atoms with van der Waals surface area (Å²) >= 11 is 6.50. The molecule has 3 nitrogen and oxygen atoms in total. The standard InChI is InChI=1S/C17H28ClN3/c1-6-19-13(3)15-8-7-14(9-16(15)18)21-10-12(2)17(11-21)20(4)5/h7-9,12-13,17,19H,6,10-11H2,1-5H3. The number of hydrogen-bond acceptors (Lipinski definition) is 3. The average molecular weight is 310 g/mol. The lowest BCUT2D eigenvalue weighted by molar-refractivity contribution is 0.266. The Kier molecular flexibility index (Phi) is 5.53. The maximum absolute atomic E-state index is 6.50. The third-order valence-electron chi connectivity index (χ3n) is 4.56. The molecule has 0 saturated carbocycles. The van der Waals surface area contributed by atoms with E-state index in [9.17, 15) is 0 Å². The molecule has 1 saturated heterocycles. The average Bonchev–Trinajstić information content (AvgIpc) is 2.81. The minimum absolute atomic E-state index is 0.295. The van der Waals surface area contributed by atoms with Gasteiger partial charge in [0, 0.05) is 35.9 Å². The number of nitrogens with zero attached hydrogens (tertiary/aromatic N) is 2. The van der Waals surface area contributed by atoms with Crippen LogP contribution in [0.15, 0.2) is 18.2 Å². The molecule has 0 aliphatic carbocycles. The van der Waals surface area contributed by atoms with Crippen LogP contribution in [-0.4, -0.2) is 44.7 Å². The maximum atomic E-state index is 6.50. The summed E-state index contributed by atoms with van der Waals surface area (Å²) in [6.45, 7) is 9.73. The molecule has 1 aliphatic rings. The summed E-state index contributed by atoms with van der Waals surface area (Å²) in [5.41, 5.74) is 2.42. The molecule has 0 amide bonds. The molecular formula is C17H28ClN3. The zero-order valence-corrected chi connectivity index (χ0v) is 14.6. The van der Waals surface area contributed by atoms with Crippen molar-refractivity contribution < 1.29 is 0 Å². The molecule has 0 aromatic heterocycles. The summed E-state index contributed by atoms with van der Waals surface area (Å²) < 4.78 is 0. The molecule has 21 heavy (non-hydrogen) atoms. The lowest BCUT2D eigenvalue weighted by atomic mass is 10.1. The van der Waals surface area contributed by atoms with Crippen LogP contribution in [0, 0.1) is 5.92 Å². The molecule has 4 heteroatoms. The molecule has 0 bridgehead atoms. The largest absolute Gasteiger partial charge is 0.370 e. The fourth-order valence-electron chi connectivity index (χ4n) is 3.31. The smallest absolute Gasteiger partial charge is 0.0474 e. The highest BCUT2D eigenvalue weighted by Gasteiger charge is 2.31. The molecule has 0 radical (unpaired) electrons. The quantitative estimate of drug-likeness (QED) is 0.899. The van der Waals surface area contributed by atoms with E-state index >= 15 is 0 Å². The van der Waals surface area contributed by atoms with Gasteiger partial charge in [0.1, 0.15) is 0 Å². The van der Waals surface area contributed by atoms with Crippen LogP contribution in [0.4, 0.5) is 5.69 Å². The van der Waals surface area contributed by atoms with E-state index in [1.807, 2.05) is 0 Å². The van der Waals surface area contributed by atoms with E-state index in [1.54, 1.807) is 0 Å². The molecule has 118 valence electrons. The van der Waals surface area contributed by atoms with Crippen LogP contribution in [-0.2, 0) is 0 Å². The van der Waals surface area contributed by atoms with Crippen LogP contribution in [0.2, 0.25) is 5.02 Å². The molecular weight excluding hydrogens is 282 g/mol. The van der Waals surface area contributed by atoms with E-state index in [0.717, 1.165) is 24.7 Å². The van der Waals surface area contributed by atoms with Gasteiger partial charge in [-0.1, -0.05) is 31.5 Å². The van der Waals surface area contributed by atoms with Crippen molar-refractivity contribution in [3.63, 3.8) is 0 Å². The highest BCUT2D eigenvalue weighted by atomic mass is 35.5. The van der Waals surface area contributed by atoms with Crippen LogP contribution in [0.1, 0.15) is 32.4 Å². The predicted molar refractivity (Wildman–Crippen MR) is 92.4 cm³/mol. The number of halogens is 1. The topological polar surface area (TPSA) is 18.5 Å². The van der Waals surface area contributed by atoms with Gasteiger partial charge in [-0.25, -0.2) is 0 Å². The predicted octanol–water partition coefficient (Wildman–Crippen LogP) is 3.40. The molecule has 0 spiro atoms. The molecule has 1 N–H and O–H groups in total. The van der Waals surface area contributed by atoms with Gasteiger partial charge < -0.3 is 15.1 Å². The van der Waals surface area contributed by atoms with Crippen molar-refractivity contribution in [3.8, 4) is 0 Å². The molecule has 1 heterocycles. The van der Waals surface area contributed by atoms with Crippen molar-refractivity contribution in [1.82, 2.24) is 10.2 Å². The van der Waals surface area contributed by atoms with Gasteiger partial charge in [0.2, 0.25) is 0 Å². The van der Waals surface area contributed by atoms with E-state index in [0.29, 0.717) is 18.0 Å². The number of nitrogens with one attached hydrogen (secondary N) is 1. The lowest BCUT2D eigenvalue weighted by Crippen LogP contribution is -2.34. The molecule has 1 aliphatic heterocycles. The zero-order chi connectivity index (χ0) is 15.6. The Balaban J connectivity index is 2.14. The number of likely N-dealkylation sites (N-methyl/N-ethyl adjacent to an activating group) is 1. The third-order valence-corrected chi connectivity index (χ3v) is 4.89. The number of rotatable bonds is 5. The van der Waals surface area contributed by atoms with Crippen molar-refractivity contribution in [1.29, 1.82) is 0 Å². The molecule has 2 rings (SSSR count). The van der Waals surface area contributed by atoms with Gasteiger partial charge in [-0.3, -0.25) is 0 Å². The van der Waals surface area contributed by atoms with Crippen molar-refractivity contribution in [2.75, 3.05) is 38.6 Å². The Morgan fingerprint density at radius 1 is 1.38 bits per heavy atom. The SMILES string of the molecule is CCNC(C)c1ccc(N2CC(C)C(N(C)C)C2)cc1Cl. The maximum Gasteiger partial charge on any atom is 0.0474 e. The molecule has 3 atom stereocenters. The summed E-state index contributed by atoms with van der Waals surface area (Å²) in [4.78, 5) is 4.77. The molecule has 3 unspecified atom stereocenters. The summed E-state index contributed by atoms with van der Waals surface area (Å²) in [6, 6.07) is 7.40. The van der Waals surface area contributed by atoms with Gasteiger partial charge in [0.25, 0.3) is 0 Å². The summed E-state index contributed by atoms with van der Waals surface area (Å²) in [6.07, 6.45) is 0. The third kappa shape index (κ3) is 3.71. The summed E-state index contributed by atoms with van der Waals surface area (Å²) in [5, 5.41) is 4.28. The van der Waals surface area contributed by atoms with Gasteiger partial charge in [-0.2, -0.15) is 0 Å². The van der Waals surface area contributed by atoms with E-state index in [1.165, 1.54) is 11.3 Å². The summed E-state index contributed by atoms with van der Waals surface area (Å²) in [5.74, 6) is 0.680. The van der Waals surface area contributed by atoms with Crippen molar-refractivity contribution in [3.05, 3.63) is 28.8 Å². The minimum Gasteiger partial charge on any atom is -0.370 e. The number of benzene rings is 1. The first-order chi connectivity index (χ1) is 9.93. The van der Waals surface area contributed by atoms with Crippen molar-refractivity contribution >= 4 is 17.3 Å². The first kappa shape index (κ1) is 16.6. The Morgan fingerprint density at radius 3 is 2.62 bits per heavy atom. The number of hydrogen-bond donors (Lipinski definition) is 1. The van der Waals surface area contributed by atoms with Gasteiger partial charge in [0.15, 0.2) is 0 Å². The second kappa shape index (κ2) is 6.99. The van der Waals surface area contributed by atoms with Crippen LogP contribution >= 0.6 is 11.6 Å². The zero-order valence-electron chi connectivity index (χ0n) is 13.9. The van der Waals surface area contributed by atoms with Gasteiger partial charge in [-0.05, 0) is 51.2 Å². The number of anilines is 1. The highest BCUT2D eigenvalue weighted by Crippen LogP contribution is 2.31. The van der Waals surface area contributed by atoms with Crippen LogP contribution < -0.4 is 10.2 Å². The first-order valence-electron chi connectivity index (χ1n) is 7.88. The second-order valence-corrected chi connectivity index (χ2v) is 6.81. The van der Waals surface area contributed by atoms with Crippen LogP contribution in [0.25, 0.3) is 0 Å². The Hall–Kier alpha value is -0.770. The van der Waals surface area contributed by atoms with E-state index < -0.39 is 0 Å². The van der Waals surface area contributed by atoms with Crippen molar-refractivity contribution in [2.45, 2.75) is 32.9 Å². The van der Waals surface area contributed by atoms with E-state index in [4.69, 9.17) is 11.6 Å². The normalized spacial score (nSPS) is 23.9. The monoisotopic (exact) mass is 309 g/mol. The Morgan fingerprint density at radius 2 is 2.10 bits per heavy atom. The minimum atomic E-state index is 0.295. The lowest BCUT2D eigenvalue weighted by Gasteiger charge is -2.23.